The Balaban J connectivity index is 2.56. The van der Waals surface area contributed by atoms with Crippen LogP contribution in [0.4, 0.5) is 8.78 Å². The zero-order valence-corrected chi connectivity index (χ0v) is 9.54. The van der Waals surface area contributed by atoms with Crippen molar-refractivity contribution >= 4 is 0 Å². The third-order valence-electron chi connectivity index (χ3n) is 2.31. The van der Waals surface area contributed by atoms with Crippen molar-refractivity contribution in [2.45, 2.75) is 32.9 Å². The van der Waals surface area contributed by atoms with Gasteiger partial charge in [0.2, 0.25) is 0 Å². The van der Waals surface area contributed by atoms with Crippen molar-refractivity contribution in [1.29, 1.82) is 0 Å². The van der Waals surface area contributed by atoms with E-state index < -0.39 is 6.61 Å². The lowest BCUT2D eigenvalue weighted by atomic mass is 10.1. The van der Waals surface area contributed by atoms with Gasteiger partial charge in [0, 0.05) is 6.04 Å². The van der Waals surface area contributed by atoms with Crippen molar-refractivity contribution in [3.63, 3.8) is 0 Å². The largest absolute Gasteiger partial charge is 0.435 e. The molecule has 0 aliphatic heterocycles. The molecule has 16 heavy (non-hydrogen) atoms. The molecule has 1 atom stereocenters. The first-order valence-corrected chi connectivity index (χ1v) is 5.41. The van der Waals surface area contributed by atoms with Crippen LogP contribution in [0.15, 0.2) is 24.3 Å². The van der Waals surface area contributed by atoms with Crippen molar-refractivity contribution in [3.8, 4) is 5.75 Å². The van der Waals surface area contributed by atoms with Gasteiger partial charge in [-0.05, 0) is 37.6 Å². The molecule has 0 heterocycles. The molecular formula is C12H17F2NO. The normalized spacial score (nSPS) is 12.8. The smallest absolute Gasteiger partial charge is 0.387 e. The van der Waals surface area contributed by atoms with Gasteiger partial charge in [0.1, 0.15) is 5.75 Å². The summed E-state index contributed by atoms with van der Waals surface area (Å²) in [5, 5.41) is 3.32. The van der Waals surface area contributed by atoms with Crippen LogP contribution in [0.2, 0.25) is 0 Å². The van der Waals surface area contributed by atoms with Crippen LogP contribution in [0.5, 0.6) is 5.75 Å². The Kier molecular flexibility index (Phi) is 5.19. The molecule has 0 saturated carbocycles. The summed E-state index contributed by atoms with van der Waals surface area (Å²) in [6, 6.07) is 6.94. The van der Waals surface area contributed by atoms with Crippen molar-refractivity contribution < 1.29 is 13.5 Å². The molecule has 2 nitrogen and oxygen atoms in total. The zero-order chi connectivity index (χ0) is 12.0. The Morgan fingerprint density at radius 3 is 2.38 bits per heavy atom. The molecule has 1 aromatic rings. The van der Waals surface area contributed by atoms with Crippen molar-refractivity contribution in [2.75, 3.05) is 6.54 Å². The van der Waals surface area contributed by atoms with Gasteiger partial charge < -0.3 is 10.1 Å². The fourth-order valence-electron chi connectivity index (χ4n) is 1.42. The third kappa shape index (κ3) is 4.14. The molecule has 4 heteroatoms. The van der Waals surface area contributed by atoms with E-state index in [2.05, 4.69) is 17.0 Å². The summed E-state index contributed by atoms with van der Waals surface area (Å²) >= 11 is 0. The zero-order valence-electron chi connectivity index (χ0n) is 9.54. The highest BCUT2D eigenvalue weighted by atomic mass is 19.3. The molecule has 1 N–H and O–H groups in total. The molecule has 0 aliphatic rings. The Labute approximate surface area is 94.6 Å². The van der Waals surface area contributed by atoms with Crippen LogP contribution >= 0.6 is 0 Å². The van der Waals surface area contributed by atoms with E-state index in [0.29, 0.717) is 0 Å². The fourth-order valence-corrected chi connectivity index (χ4v) is 1.42. The summed E-state index contributed by atoms with van der Waals surface area (Å²) in [5.41, 5.74) is 1.06. The van der Waals surface area contributed by atoms with E-state index in [9.17, 15) is 8.78 Å². The number of halogens is 2. The maximum atomic E-state index is 11.9. The van der Waals surface area contributed by atoms with Crippen molar-refractivity contribution in [2.24, 2.45) is 0 Å². The predicted octanol–water partition coefficient (Wildman–Crippen LogP) is 3.35. The number of rotatable bonds is 6. The van der Waals surface area contributed by atoms with E-state index in [1.165, 1.54) is 0 Å². The van der Waals surface area contributed by atoms with Gasteiger partial charge in [-0.2, -0.15) is 8.78 Å². The number of benzene rings is 1. The molecule has 0 bridgehead atoms. The van der Waals surface area contributed by atoms with Crippen LogP contribution in [0.1, 0.15) is 31.9 Å². The van der Waals surface area contributed by atoms with Crippen LogP contribution in [0, 0.1) is 0 Å². The van der Waals surface area contributed by atoms with E-state index in [1.54, 1.807) is 24.3 Å². The van der Waals surface area contributed by atoms with E-state index in [4.69, 9.17) is 0 Å². The van der Waals surface area contributed by atoms with Gasteiger partial charge in [0.05, 0.1) is 0 Å². The first-order chi connectivity index (χ1) is 7.63. The average Bonchev–Trinajstić information content (AvgIpc) is 2.26. The van der Waals surface area contributed by atoms with Gasteiger partial charge in [-0.15, -0.1) is 0 Å². The van der Waals surface area contributed by atoms with E-state index in [0.717, 1.165) is 18.5 Å². The molecule has 0 radical (unpaired) electrons. The second-order valence-electron chi connectivity index (χ2n) is 3.62. The summed E-state index contributed by atoms with van der Waals surface area (Å²) < 4.78 is 28.1. The van der Waals surface area contributed by atoms with Crippen LogP contribution in [0.3, 0.4) is 0 Å². The van der Waals surface area contributed by atoms with Crippen LogP contribution < -0.4 is 10.1 Å². The monoisotopic (exact) mass is 229 g/mol. The molecule has 90 valence electrons. The molecule has 1 unspecified atom stereocenters. The lowest BCUT2D eigenvalue weighted by Gasteiger charge is -2.14. The number of ether oxygens (including phenoxy) is 1. The van der Waals surface area contributed by atoms with Crippen LogP contribution in [-0.2, 0) is 0 Å². The highest BCUT2D eigenvalue weighted by molar-refractivity contribution is 5.28. The highest BCUT2D eigenvalue weighted by Crippen LogP contribution is 2.18. The molecule has 0 fully saturated rings. The SMILES string of the molecule is CCCNC(C)c1ccc(OC(F)F)cc1. The van der Waals surface area contributed by atoms with E-state index in [-0.39, 0.29) is 11.8 Å². The minimum atomic E-state index is -2.76. The summed E-state index contributed by atoms with van der Waals surface area (Å²) in [4.78, 5) is 0. The molecule has 0 aromatic heterocycles. The van der Waals surface area contributed by atoms with E-state index >= 15 is 0 Å². The van der Waals surface area contributed by atoms with Crippen molar-refractivity contribution in [1.82, 2.24) is 5.32 Å². The Hall–Kier alpha value is -1.16. The molecule has 0 aliphatic carbocycles. The van der Waals surface area contributed by atoms with Gasteiger partial charge in [-0.25, -0.2) is 0 Å². The van der Waals surface area contributed by atoms with Crippen molar-refractivity contribution in [3.05, 3.63) is 29.8 Å². The lowest BCUT2D eigenvalue weighted by Crippen LogP contribution is -2.19. The van der Waals surface area contributed by atoms with E-state index in [1.807, 2.05) is 6.92 Å². The molecular weight excluding hydrogens is 212 g/mol. The second kappa shape index (κ2) is 6.43. The van der Waals surface area contributed by atoms with Crippen LogP contribution in [-0.4, -0.2) is 13.2 Å². The Morgan fingerprint density at radius 2 is 1.88 bits per heavy atom. The highest BCUT2D eigenvalue weighted by Gasteiger charge is 2.06. The first kappa shape index (κ1) is 12.9. The minimum Gasteiger partial charge on any atom is -0.435 e. The number of hydrogen-bond donors (Lipinski definition) is 1. The fraction of sp³-hybridized carbons (Fsp3) is 0.500. The van der Waals surface area contributed by atoms with Gasteiger partial charge in [-0.1, -0.05) is 19.1 Å². The molecule has 0 amide bonds. The van der Waals surface area contributed by atoms with Gasteiger partial charge in [-0.3, -0.25) is 0 Å². The predicted molar refractivity (Wildman–Crippen MR) is 59.8 cm³/mol. The third-order valence-corrected chi connectivity index (χ3v) is 2.31. The lowest BCUT2D eigenvalue weighted by molar-refractivity contribution is -0.0498. The maximum absolute atomic E-state index is 11.9. The molecule has 0 saturated heterocycles. The molecule has 1 rings (SSSR count). The van der Waals surface area contributed by atoms with Crippen LogP contribution in [0.25, 0.3) is 0 Å². The summed E-state index contributed by atoms with van der Waals surface area (Å²) in [5.74, 6) is 0.196. The molecule has 1 aromatic carbocycles. The Morgan fingerprint density at radius 1 is 1.25 bits per heavy atom. The topological polar surface area (TPSA) is 21.3 Å². The Bertz CT molecular complexity index is 300. The minimum absolute atomic E-state index is 0.196. The molecule has 0 spiro atoms. The standard InChI is InChI=1S/C12H17F2NO/c1-3-8-15-9(2)10-4-6-11(7-5-10)16-12(13)14/h4-7,9,12,15H,3,8H2,1-2H3. The average molecular weight is 229 g/mol. The number of nitrogens with one attached hydrogen (secondary N) is 1. The van der Waals surface area contributed by atoms with Gasteiger partial charge in [0.15, 0.2) is 0 Å². The first-order valence-electron chi connectivity index (χ1n) is 5.41. The summed E-state index contributed by atoms with van der Waals surface area (Å²) in [6.45, 7) is 2.32. The van der Waals surface area contributed by atoms with Gasteiger partial charge >= 0.3 is 6.61 Å². The number of hydrogen-bond acceptors (Lipinski definition) is 2. The van der Waals surface area contributed by atoms with Gasteiger partial charge in [0.25, 0.3) is 0 Å². The number of alkyl halides is 2. The summed E-state index contributed by atoms with van der Waals surface area (Å²) in [6.07, 6.45) is 1.07. The second-order valence-corrected chi connectivity index (χ2v) is 3.62. The quantitative estimate of drug-likeness (QED) is 0.807. The summed E-state index contributed by atoms with van der Waals surface area (Å²) in [7, 11) is 0. The maximum Gasteiger partial charge on any atom is 0.387 e.